The highest BCUT2D eigenvalue weighted by molar-refractivity contribution is 5.43. The number of hydrogen-bond acceptors (Lipinski definition) is 6. The van der Waals surface area contributed by atoms with E-state index in [-0.39, 0.29) is 0 Å². The van der Waals surface area contributed by atoms with E-state index >= 15 is 0 Å². The van der Waals surface area contributed by atoms with Gasteiger partial charge in [-0.2, -0.15) is 0 Å². The molecule has 0 spiro atoms. The van der Waals surface area contributed by atoms with Gasteiger partial charge in [-0.3, -0.25) is 0 Å². The van der Waals surface area contributed by atoms with Crippen molar-refractivity contribution in [1.29, 1.82) is 0 Å². The molecule has 0 aliphatic carbocycles. The predicted molar refractivity (Wildman–Crippen MR) is 271 cm³/mol. The van der Waals surface area contributed by atoms with Crippen LogP contribution in [0.25, 0.3) is 0 Å². The SMILES string of the molecule is CCCCCCCCC=CCCCCCCCCOc1ccc(CNCCCCNCCCCNCCCCN)cc1OCCCCCCCCC=CCCCCCCCC. The van der Waals surface area contributed by atoms with Crippen molar-refractivity contribution in [1.82, 2.24) is 16.0 Å². The summed E-state index contributed by atoms with van der Waals surface area (Å²) >= 11 is 0. The lowest BCUT2D eigenvalue weighted by atomic mass is 10.1. The van der Waals surface area contributed by atoms with Gasteiger partial charge in [-0.15, -0.1) is 0 Å². The normalized spacial score (nSPS) is 11.8. The van der Waals surface area contributed by atoms with Crippen LogP contribution in [0.4, 0.5) is 0 Å². The molecule has 0 radical (unpaired) electrons. The summed E-state index contributed by atoms with van der Waals surface area (Å²) in [6, 6.07) is 6.59. The molecule has 5 N–H and O–H groups in total. The molecule has 0 aliphatic rings. The third-order valence-corrected chi connectivity index (χ3v) is 11.9. The van der Waals surface area contributed by atoms with Crippen molar-refractivity contribution < 1.29 is 9.47 Å². The number of unbranched alkanes of at least 4 members (excludes halogenated alkanes) is 27. The molecule has 0 amide bonds. The lowest BCUT2D eigenvalue weighted by molar-refractivity contribution is 0.258. The Hall–Kier alpha value is -1.86. The van der Waals surface area contributed by atoms with Gasteiger partial charge in [0.2, 0.25) is 0 Å². The fourth-order valence-electron chi connectivity index (χ4n) is 7.83. The summed E-state index contributed by atoms with van der Waals surface area (Å²) in [6.45, 7) is 13.3. The topological polar surface area (TPSA) is 80.6 Å². The largest absolute Gasteiger partial charge is 0.490 e. The lowest BCUT2D eigenvalue weighted by Gasteiger charge is -2.15. The van der Waals surface area contributed by atoms with Crippen molar-refractivity contribution in [3.63, 3.8) is 0 Å². The second-order valence-corrected chi connectivity index (χ2v) is 17.9. The molecule has 356 valence electrons. The molecular weight excluding hydrogens is 749 g/mol. The Bertz CT molecular complexity index is 1060. The number of benzene rings is 1. The quantitative estimate of drug-likeness (QED) is 0.0386. The van der Waals surface area contributed by atoms with E-state index < -0.39 is 0 Å². The second kappa shape index (κ2) is 49.2. The number of nitrogens with two attached hydrogens (primary N) is 1. The summed E-state index contributed by atoms with van der Waals surface area (Å²) in [4.78, 5) is 0. The smallest absolute Gasteiger partial charge is 0.161 e. The maximum Gasteiger partial charge on any atom is 0.161 e. The minimum absolute atomic E-state index is 0.765. The van der Waals surface area contributed by atoms with E-state index in [1.54, 1.807) is 0 Å². The van der Waals surface area contributed by atoms with E-state index in [9.17, 15) is 0 Å². The van der Waals surface area contributed by atoms with Crippen molar-refractivity contribution in [3.8, 4) is 11.5 Å². The van der Waals surface area contributed by atoms with Crippen LogP contribution in [0, 0.1) is 0 Å². The molecule has 6 nitrogen and oxygen atoms in total. The Kier molecular flexibility index (Phi) is 46.1. The molecule has 0 atom stereocenters. The molecule has 0 saturated carbocycles. The van der Waals surface area contributed by atoms with Gasteiger partial charge in [-0.05, 0) is 160 Å². The summed E-state index contributed by atoms with van der Waals surface area (Å²) in [5.74, 6) is 1.83. The molecule has 0 saturated heterocycles. The molecule has 0 unspecified atom stereocenters. The monoisotopic (exact) mass is 853 g/mol. The van der Waals surface area contributed by atoms with Crippen LogP contribution in [-0.2, 0) is 6.54 Å². The third kappa shape index (κ3) is 41.9. The number of hydrogen-bond donors (Lipinski definition) is 4. The van der Waals surface area contributed by atoms with Crippen molar-refractivity contribution in [2.45, 2.75) is 239 Å². The summed E-state index contributed by atoms with van der Waals surface area (Å²) in [7, 11) is 0. The molecule has 0 aliphatic heterocycles. The minimum Gasteiger partial charge on any atom is -0.490 e. The summed E-state index contributed by atoms with van der Waals surface area (Å²) in [6.07, 6.45) is 53.9. The van der Waals surface area contributed by atoms with Crippen molar-refractivity contribution in [2.24, 2.45) is 5.73 Å². The molecule has 0 bridgehead atoms. The molecule has 0 aromatic heterocycles. The van der Waals surface area contributed by atoms with Crippen molar-refractivity contribution in [2.75, 3.05) is 52.5 Å². The van der Waals surface area contributed by atoms with E-state index in [4.69, 9.17) is 15.2 Å². The predicted octanol–water partition coefficient (Wildman–Crippen LogP) is 15.1. The highest BCUT2D eigenvalue weighted by Crippen LogP contribution is 2.29. The van der Waals surface area contributed by atoms with Crippen LogP contribution in [0.3, 0.4) is 0 Å². The van der Waals surface area contributed by atoms with Crippen molar-refractivity contribution >= 4 is 0 Å². The Labute approximate surface area is 380 Å². The average Bonchev–Trinajstić information content (AvgIpc) is 3.27. The van der Waals surface area contributed by atoms with Gasteiger partial charge in [0.25, 0.3) is 0 Å². The molecule has 0 fully saturated rings. The van der Waals surface area contributed by atoms with Gasteiger partial charge in [-0.25, -0.2) is 0 Å². The van der Waals surface area contributed by atoms with Crippen LogP contribution in [0.2, 0.25) is 0 Å². The highest BCUT2D eigenvalue weighted by Gasteiger charge is 2.08. The van der Waals surface area contributed by atoms with Gasteiger partial charge in [0, 0.05) is 6.54 Å². The standard InChI is InChI=1S/C55H104N4O2/c1-3-5-7-9-11-13-15-17-19-21-23-25-27-29-31-39-49-60-54-42-41-53(52-59-48-38-37-47-58-46-36-35-45-57-44-34-33-43-56)51-55(54)61-50-40-32-30-28-26-24-22-20-18-16-14-12-10-8-6-4-2/h17-20,41-42,51,57-59H,3-16,21-40,43-50,52,56H2,1-2H3. The maximum atomic E-state index is 6.43. The van der Waals surface area contributed by atoms with Crippen LogP contribution in [0.15, 0.2) is 42.5 Å². The fourth-order valence-corrected chi connectivity index (χ4v) is 7.83. The number of allylic oxidation sites excluding steroid dienone is 4. The zero-order valence-electron chi connectivity index (χ0n) is 40.8. The van der Waals surface area contributed by atoms with Crippen LogP contribution in [-0.4, -0.2) is 52.5 Å². The molecule has 1 aromatic carbocycles. The summed E-state index contributed by atoms with van der Waals surface area (Å²) in [5, 5.41) is 10.8. The fraction of sp³-hybridized carbons (Fsp3) is 0.818. The second-order valence-electron chi connectivity index (χ2n) is 17.9. The van der Waals surface area contributed by atoms with Gasteiger partial charge in [0.15, 0.2) is 11.5 Å². The molecule has 61 heavy (non-hydrogen) atoms. The van der Waals surface area contributed by atoms with Crippen LogP contribution < -0.4 is 31.2 Å². The first-order chi connectivity index (χ1) is 30.3. The maximum absolute atomic E-state index is 6.43. The lowest BCUT2D eigenvalue weighted by Crippen LogP contribution is -2.21. The van der Waals surface area contributed by atoms with Crippen LogP contribution in [0.1, 0.15) is 238 Å². The summed E-state index contributed by atoms with van der Waals surface area (Å²) < 4.78 is 12.8. The average molecular weight is 853 g/mol. The van der Waals surface area contributed by atoms with Crippen molar-refractivity contribution in [3.05, 3.63) is 48.1 Å². The van der Waals surface area contributed by atoms with Gasteiger partial charge in [0.1, 0.15) is 0 Å². The molecule has 1 aromatic rings. The zero-order valence-corrected chi connectivity index (χ0v) is 40.8. The number of nitrogens with one attached hydrogen (secondary N) is 3. The molecule has 6 heteroatoms. The Morgan fingerprint density at radius 1 is 0.393 bits per heavy atom. The van der Waals surface area contributed by atoms with Crippen LogP contribution >= 0.6 is 0 Å². The highest BCUT2D eigenvalue weighted by atomic mass is 16.5. The van der Waals surface area contributed by atoms with Gasteiger partial charge in [-0.1, -0.05) is 160 Å². The van der Waals surface area contributed by atoms with E-state index in [1.165, 1.54) is 205 Å². The van der Waals surface area contributed by atoms with E-state index in [0.717, 1.165) is 89.8 Å². The van der Waals surface area contributed by atoms with E-state index in [1.807, 2.05) is 0 Å². The zero-order chi connectivity index (χ0) is 43.6. The molecule has 0 heterocycles. The van der Waals surface area contributed by atoms with Gasteiger partial charge < -0.3 is 31.2 Å². The minimum atomic E-state index is 0.765. The van der Waals surface area contributed by atoms with E-state index in [2.05, 4.69) is 72.3 Å². The van der Waals surface area contributed by atoms with Gasteiger partial charge in [0.05, 0.1) is 13.2 Å². The van der Waals surface area contributed by atoms with Crippen LogP contribution in [0.5, 0.6) is 11.5 Å². The first-order valence-corrected chi connectivity index (χ1v) is 26.8. The Morgan fingerprint density at radius 3 is 1.18 bits per heavy atom. The Balaban J connectivity index is 2.30. The van der Waals surface area contributed by atoms with Gasteiger partial charge >= 0.3 is 0 Å². The third-order valence-electron chi connectivity index (χ3n) is 11.9. The number of rotatable bonds is 50. The first-order valence-electron chi connectivity index (χ1n) is 26.8. The first kappa shape index (κ1) is 57.2. The summed E-state index contributed by atoms with van der Waals surface area (Å²) in [5.41, 5.74) is 6.84. The Morgan fingerprint density at radius 2 is 0.754 bits per heavy atom. The molecular formula is C55H104N4O2. The van der Waals surface area contributed by atoms with E-state index in [0.29, 0.717) is 0 Å². The number of ether oxygens (including phenoxy) is 2. The molecule has 1 rings (SSSR count).